The van der Waals surface area contributed by atoms with E-state index in [1.165, 1.54) is 24.0 Å². The molecule has 0 aliphatic rings. The fourth-order valence-electron chi connectivity index (χ4n) is 3.74. The minimum absolute atomic E-state index is 0.131. The minimum Gasteiger partial charge on any atom is -0.494 e. The van der Waals surface area contributed by atoms with Crippen LogP contribution in [0.5, 0.6) is 5.75 Å². The lowest BCUT2D eigenvalue weighted by Gasteiger charge is -2.23. The number of amides is 1. The van der Waals surface area contributed by atoms with E-state index < -0.39 is 5.97 Å². The second kappa shape index (κ2) is 11.7. The van der Waals surface area contributed by atoms with Gasteiger partial charge in [-0.3, -0.25) is 4.79 Å². The van der Waals surface area contributed by atoms with E-state index in [2.05, 4.69) is 38.2 Å². The van der Waals surface area contributed by atoms with Gasteiger partial charge >= 0.3 is 5.97 Å². The van der Waals surface area contributed by atoms with Gasteiger partial charge in [0, 0.05) is 21.9 Å². The van der Waals surface area contributed by atoms with Crippen LogP contribution in [0.3, 0.4) is 0 Å². The van der Waals surface area contributed by atoms with Gasteiger partial charge in [-0.1, -0.05) is 56.6 Å². The molecule has 1 heterocycles. The number of benzene rings is 2. The Bertz CT molecular complexity index is 1180. The summed E-state index contributed by atoms with van der Waals surface area (Å²) in [6, 6.07) is 15.4. The first-order valence-electron chi connectivity index (χ1n) is 11.7. The molecule has 35 heavy (non-hydrogen) atoms. The van der Waals surface area contributed by atoms with Crippen molar-refractivity contribution in [3.63, 3.8) is 0 Å². The number of rotatable bonds is 10. The summed E-state index contributed by atoms with van der Waals surface area (Å²) in [4.78, 5) is 26.2. The van der Waals surface area contributed by atoms with Crippen LogP contribution in [-0.2, 0) is 14.9 Å². The number of esters is 1. The molecular formula is C28H32ClNO4S. The van der Waals surface area contributed by atoms with Crippen LogP contribution >= 0.6 is 22.9 Å². The van der Waals surface area contributed by atoms with E-state index in [1.807, 2.05) is 31.2 Å². The van der Waals surface area contributed by atoms with Crippen molar-refractivity contribution in [3.8, 4) is 16.9 Å². The molecule has 0 unspecified atom stereocenters. The van der Waals surface area contributed by atoms with Crippen molar-refractivity contribution < 1.29 is 19.1 Å². The molecule has 0 fully saturated rings. The van der Waals surface area contributed by atoms with Gasteiger partial charge in [0.05, 0.1) is 13.7 Å². The SMILES string of the molecule is CCC(C)(C)c1ccc(OCCCC(=O)Nc2sc(C)c(-c3cccc(Cl)c3)c2C(=O)OC)cc1. The first kappa shape index (κ1) is 26.8. The highest BCUT2D eigenvalue weighted by Crippen LogP contribution is 2.41. The molecular weight excluding hydrogens is 482 g/mol. The molecule has 1 amide bonds. The van der Waals surface area contributed by atoms with Gasteiger partial charge in [0.25, 0.3) is 0 Å². The number of hydrogen-bond donors (Lipinski definition) is 1. The highest BCUT2D eigenvalue weighted by atomic mass is 35.5. The molecule has 0 saturated carbocycles. The van der Waals surface area contributed by atoms with Crippen LogP contribution in [0.2, 0.25) is 5.02 Å². The number of methoxy groups -OCH3 is 1. The van der Waals surface area contributed by atoms with Crippen LogP contribution < -0.4 is 10.1 Å². The molecule has 0 aliphatic carbocycles. The highest BCUT2D eigenvalue weighted by molar-refractivity contribution is 7.17. The minimum atomic E-state index is -0.502. The van der Waals surface area contributed by atoms with Crippen LogP contribution in [0, 0.1) is 6.92 Å². The Morgan fingerprint density at radius 1 is 1.11 bits per heavy atom. The maximum Gasteiger partial charge on any atom is 0.341 e. The quantitative estimate of drug-likeness (QED) is 0.223. The summed E-state index contributed by atoms with van der Waals surface area (Å²) in [7, 11) is 1.33. The number of carbonyl (C=O) groups excluding carboxylic acids is 2. The van der Waals surface area contributed by atoms with Crippen LogP contribution in [-0.4, -0.2) is 25.6 Å². The van der Waals surface area contributed by atoms with Gasteiger partial charge in [-0.15, -0.1) is 11.3 Å². The predicted octanol–water partition coefficient (Wildman–Crippen LogP) is 7.65. The smallest absolute Gasteiger partial charge is 0.341 e. The first-order chi connectivity index (χ1) is 16.7. The summed E-state index contributed by atoms with van der Waals surface area (Å²) in [5.74, 6) is 0.101. The van der Waals surface area contributed by atoms with Gasteiger partial charge in [-0.25, -0.2) is 4.79 Å². The average Bonchev–Trinajstić information content (AvgIpc) is 3.16. The molecule has 186 valence electrons. The van der Waals surface area contributed by atoms with Crippen molar-refractivity contribution in [1.82, 2.24) is 0 Å². The third-order valence-electron chi connectivity index (χ3n) is 6.18. The Morgan fingerprint density at radius 2 is 1.83 bits per heavy atom. The van der Waals surface area contributed by atoms with E-state index in [9.17, 15) is 9.59 Å². The van der Waals surface area contributed by atoms with E-state index in [0.717, 1.165) is 28.2 Å². The molecule has 3 aromatic rings. The predicted molar refractivity (Wildman–Crippen MR) is 144 cm³/mol. The fraction of sp³-hybridized carbons (Fsp3) is 0.357. The summed E-state index contributed by atoms with van der Waals surface area (Å²) in [6.07, 6.45) is 1.88. The molecule has 5 nitrogen and oxygen atoms in total. The van der Waals surface area contributed by atoms with Crippen molar-refractivity contribution in [2.75, 3.05) is 19.0 Å². The number of aryl methyl sites for hydroxylation is 1. The van der Waals surface area contributed by atoms with Crippen molar-refractivity contribution in [2.45, 2.75) is 52.4 Å². The van der Waals surface area contributed by atoms with Gasteiger partial charge in [-0.2, -0.15) is 0 Å². The summed E-state index contributed by atoms with van der Waals surface area (Å²) >= 11 is 7.51. The first-order valence-corrected chi connectivity index (χ1v) is 12.9. The lowest BCUT2D eigenvalue weighted by atomic mass is 9.82. The molecule has 1 N–H and O–H groups in total. The summed E-state index contributed by atoms with van der Waals surface area (Å²) in [5.41, 5.74) is 3.27. The van der Waals surface area contributed by atoms with Crippen molar-refractivity contribution in [1.29, 1.82) is 0 Å². The van der Waals surface area contributed by atoms with Gasteiger partial charge in [0.1, 0.15) is 16.3 Å². The summed E-state index contributed by atoms with van der Waals surface area (Å²) < 4.78 is 10.8. The maximum absolute atomic E-state index is 12.7. The number of carbonyl (C=O) groups is 2. The Hall–Kier alpha value is -2.83. The molecule has 0 spiro atoms. The standard InChI is InChI=1S/C28H32ClNO4S/c1-6-28(3,4)20-12-14-22(15-13-20)34-16-8-11-23(31)30-26-25(27(32)33-5)24(18(2)35-26)19-9-7-10-21(29)17-19/h7,9-10,12-15,17H,6,8,11,16H2,1-5H3,(H,30,31). The van der Waals surface area contributed by atoms with Crippen LogP contribution in [0.4, 0.5) is 5.00 Å². The van der Waals surface area contributed by atoms with Crippen LogP contribution in [0.15, 0.2) is 48.5 Å². The van der Waals surface area contributed by atoms with E-state index in [4.69, 9.17) is 21.1 Å². The summed E-state index contributed by atoms with van der Waals surface area (Å²) in [6.45, 7) is 8.95. The third kappa shape index (κ3) is 6.65. The Morgan fingerprint density at radius 3 is 2.46 bits per heavy atom. The second-order valence-corrected chi connectivity index (χ2v) is 10.7. The molecule has 1 aromatic heterocycles. The number of hydrogen-bond acceptors (Lipinski definition) is 5. The second-order valence-electron chi connectivity index (χ2n) is 9.00. The molecule has 0 saturated heterocycles. The van der Waals surface area contributed by atoms with Gasteiger partial charge in [-0.05, 0) is 60.6 Å². The fourth-order valence-corrected chi connectivity index (χ4v) is 5.01. The zero-order chi connectivity index (χ0) is 25.6. The van der Waals surface area contributed by atoms with Gasteiger partial charge in [0.15, 0.2) is 0 Å². The molecule has 3 rings (SSSR count). The molecule has 0 atom stereocenters. The summed E-state index contributed by atoms with van der Waals surface area (Å²) in [5, 5.41) is 3.93. The average molecular weight is 514 g/mol. The number of ether oxygens (including phenoxy) is 2. The van der Waals surface area contributed by atoms with Crippen molar-refractivity contribution in [3.05, 3.63) is 69.6 Å². The van der Waals surface area contributed by atoms with Crippen molar-refractivity contribution in [2.24, 2.45) is 0 Å². The molecule has 0 aliphatic heterocycles. The van der Waals surface area contributed by atoms with E-state index in [0.29, 0.717) is 28.6 Å². The number of nitrogens with one attached hydrogen (secondary N) is 1. The Labute approximate surface area is 216 Å². The molecule has 0 bridgehead atoms. The zero-order valence-corrected chi connectivity index (χ0v) is 22.4. The topological polar surface area (TPSA) is 64.6 Å². The van der Waals surface area contributed by atoms with Crippen LogP contribution in [0.1, 0.15) is 60.8 Å². The lowest BCUT2D eigenvalue weighted by Crippen LogP contribution is -2.15. The molecule has 7 heteroatoms. The Balaban J connectivity index is 1.62. The van der Waals surface area contributed by atoms with E-state index in [-0.39, 0.29) is 17.7 Å². The van der Waals surface area contributed by atoms with Gasteiger partial charge < -0.3 is 14.8 Å². The zero-order valence-electron chi connectivity index (χ0n) is 20.9. The number of halogens is 1. The van der Waals surface area contributed by atoms with Crippen molar-refractivity contribution >= 4 is 39.8 Å². The van der Waals surface area contributed by atoms with E-state index >= 15 is 0 Å². The third-order valence-corrected chi connectivity index (χ3v) is 7.43. The number of thiophene rings is 1. The van der Waals surface area contributed by atoms with Gasteiger partial charge in [0.2, 0.25) is 5.91 Å². The number of anilines is 1. The largest absolute Gasteiger partial charge is 0.494 e. The Kier molecular flexibility index (Phi) is 8.98. The highest BCUT2D eigenvalue weighted by Gasteiger charge is 2.25. The van der Waals surface area contributed by atoms with E-state index in [1.54, 1.807) is 12.1 Å². The maximum atomic E-state index is 12.7. The monoisotopic (exact) mass is 513 g/mol. The molecule has 0 radical (unpaired) electrons. The lowest BCUT2D eigenvalue weighted by molar-refractivity contribution is -0.116. The normalized spacial score (nSPS) is 11.3. The molecule has 2 aromatic carbocycles. The van der Waals surface area contributed by atoms with Crippen LogP contribution in [0.25, 0.3) is 11.1 Å².